The summed E-state index contributed by atoms with van der Waals surface area (Å²) in [6, 6.07) is 9.66. The number of nitrogens with one attached hydrogen (secondary N) is 1. The predicted octanol–water partition coefficient (Wildman–Crippen LogP) is 1.65. The number of benzene rings is 1. The highest BCUT2D eigenvalue weighted by molar-refractivity contribution is 6.00. The zero-order valence-electron chi connectivity index (χ0n) is 8.63. The summed E-state index contributed by atoms with van der Waals surface area (Å²) in [5.74, 6) is 1.62. The first-order chi connectivity index (χ1) is 7.93. The summed E-state index contributed by atoms with van der Waals surface area (Å²) < 4.78 is 0. The molecule has 1 aromatic rings. The van der Waals surface area contributed by atoms with Crippen molar-refractivity contribution in [2.75, 3.05) is 6.67 Å². The van der Waals surface area contributed by atoms with E-state index in [1.54, 1.807) is 5.06 Å². The molecule has 4 nitrogen and oxygen atoms in total. The van der Waals surface area contributed by atoms with Crippen LogP contribution in [0.5, 0.6) is 5.75 Å². The smallest absolute Gasteiger partial charge is 0.189 e. The van der Waals surface area contributed by atoms with Crippen LogP contribution in [0.4, 0.5) is 0 Å². The molecule has 0 bridgehead atoms. The molecule has 1 aromatic carbocycles. The number of hydrogen-bond acceptors (Lipinski definition) is 4. The molecule has 0 atom stereocenters. The molecule has 0 saturated heterocycles. The Morgan fingerprint density at radius 3 is 3.00 bits per heavy atom. The van der Waals surface area contributed by atoms with Crippen LogP contribution in [0.2, 0.25) is 0 Å². The third-order valence-corrected chi connectivity index (χ3v) is 2.38. The van der Waals surface area contributed by atoms with Crippen molar-refractivity contribution in [1.82, 2.24) is 10.4 Å². The minimum Gasteiger partial charge on any atom is -0.374 e. The highest BCUT2D eigenvalue weighted by atomic mass is 16.7. The van der Waals surface area contributed by atoms with Crippen molar-refractivity contribution in [1.29, 1.82) is 0 Å². The largest absolute Gasteiger partial charge is 0.374 e. The van der Waals surface area contributed by atoms with E-state index in [1.165, 1.54) is 0 Å². The zero-order valence-corrected chi connectivity index (χ0v) is 8.63. The number of rotatable bonds is 2. The van der Waals surface area contributed by atoms with Crippen LogP contribution >= 0.6 is 0 Å². The molecule has 2 aliphatic rings. The lowest BCUT2D eigenvalue weighted by molar-refractivity contribution is 0.0718. The summed E-state index contributed by atoms with van der Waals surface area (Å²) in [5.41, 5.74) is 0.999. The monoisotopic (exact) mass is 213 g/mol. The van der Waals surface area contributed by atoms with Crippen LogP contribution in [0.1, 0.15) is 0 Å². The van der Waals surface area contributed by atoms with Crippen LogP contribution < -0.4 is 10.2 Å². The predicted molar refractivity (Wildman–Crippen MR) is 61.6 cm³/mol. The number of hydrogen-bond donors (Lipinski definition) is 1. The number of allylic oxidation sites excluding steroid dienone is 2. The van der Waals surface area contributed by atoms with Gasteiger partial charge >= 0.3 is 0 Å². The Morgan fingerprint density at radius 2 is 2.12 bits per heavy atom. The maximum Gasteiger partial charge on any atom is 0.189 e. The van der Waals surface area contributed by atoms with Gasteiger partial charge in [-0.05, 0) is 24.3 Å². The van der Waals surface area contributed by atoms with Crippen molar-refractivity contribution >= 4 is 5.84 Å². The number of para-hydroxylation sites is 1. The number of aliphatic imine (C=N–C) groups is 1. The van der Waals surface area contributed by atoms with E-state index in [4.69, 9.17) is 4.84 Å². The molecule has 0 spiro atoms. The Bertz CT molecular complexity index is 476. The average molecular weight is 213 g/mol. The van der Waals surface area contributed by atoms with Gasteiger partial charge in [-0.3, -0.25) is 0 Å². The fourth-order valence-corrected chi connectivity index (χ4v) is 1.64. The number of nitrogens with zero attached hydrogens (tertiary/aromatic N) is 2. The van der Waals surface area contributed by atoms with Gasteiger partial charge in [-0.1, -0.05) is 18.2 Å². The van der Waals surface area contributed by atoms with Gasteiger partial charge in [-0.15, -0.1) is 0 Å². The van der Waals surface area contributed by atoms with Gasteiger partial charge in [0, 0.05) is 6.20 Å². The van der Waals surface area contributed by atoms with Crippen molar-refractivity contribution in [2.45, 2.75) is 0 Å². The summed E-state index contributed by atoms with van der Waals surface area (Å²) in [5, 5.41) is 4.83. The first-order valence-electron chi connectivity index (χ1n) is 5.13. The van der Waals surface area contributed by atoms with E-state index >= 15 is 0 Å². The molecule has 2 aliphatic heterocycles. The van der Waals surface area contributed by atoms with Crippen LogP contribution in [0, 0.1) is 0 Å². The van der Waals surface area contributed by atoms with Gasteiger partial charge in [0.25, 0.3) is 0 Å². The molecule has 0 amide bonds. The van der Waals surface area contributed by atoms with Crippen LogP contribution in [0.15, 0.2) is 59.4 Å². The van der Waals surface area contributed by atoms with Gasteiger partial charge in [0.2, 0.25) is 0 Å². The third-order valence-electron chi connectivity index (χ3n) is 2.38. The molecule has 1 N–H and O–H groups in total. The van der Waals surface area contributed by atoms with Crippen LogP contribution in [0.25, 0.3) is 0 Å². The van der Waals surface area contributed by atoms with Crippen molar-refractivity contribution in [2.24, 2.45) is 4.99 Å². The SMILES string of the molecule is C1=CN(Oc2ccccc2)C2=NCNC2=C1. The summed E-state index contributed by atoms with van der Waals surface area (Å²) in [6.45, 7) is 0.609. The van der Waals surface area contributed by atoms with E-state index in [0.717, 1.165) is 17.3 Å². The minimum absolute atomic E-state index is 0.609. The average Bonchev–Trinajstić information content (AvgIpc) is 2.80. The van der Waals surface area contributed by atoms with E-state index in [9.17, 15) is 0 Å². The van der Waals surface area contributed by atoms with E-state index < -0.39 is 0 Å². The quantitative estimate of drug-likeness (QED) is 0.811. The highest BCUT2D eigenvalue weighted by Crippen LogP contribution is 2.17. The summed E-state index contributed by atoms with van der Waals surface area (Å²) in [4.78, 5) is 10.0. The molecule has 4 heteroatoms. The van der Waals surface area contributed by atoms with E-state index in [1.807, 2.05) is 48.7 Å². The van der Waals surface area contributed by atoms with Crippen molar-refractivity contribution < 1.29 is 4.84 Å². The van der Waals surface area contributed by atoms with Crippen molar-refractivity contribution in [3.8, 4) is 5.75 Å². The summed E-state index contributed by atoms with van der Waals surface area (Å²) in [7, 11) is 0. The molecule has 0 saturated carbocycles. The second kappa shape index (κ2) is 3.73. The third kappa shape index (κ3) is 1.54. The maximum atomic E-state index is 5.70. The van der Waals surface area contributed by atoms with E-state index in [2.05, 4.69) is 10.3 Å². The van der Waals surface area contributed by atoms with Gasteiger partial charge in [0.1, 0.15) is 6.67 Å². The Labute approximate surface area is 93.5 Å². The standard InChI is InChI=1S/C12H11N3O/c1-2-5-10(6-3-1)16-15-8-4-7-11-12(15)14-9-13-11/h1-8,13H,9H2. The molecule has 0 fully saturated rings. The first-order valence-corrected chi connectivity index (χ1v) is 5.13. The van der Waals surface area contributed by atoms with Gasteiger partial charge in [-0.25, -0.2) is 4.99 Å². The Balaban J connectivity index is 1.82. The fourth-order valence-electron chi connectivity index (χ4n) is 1.64. The molecule has 0 aromatic heterocycles. The topological polar surface area (TPSA) is 36.9 Å². The maximum absolute atomic E-state index is 5.70. The number of hydroxylamine groups is 2. The summed E-state index contributed by atoms with van der Waals surface area (Å²) >= 11 is 0. The molecule has 0 radical (unpaired) electrons. The normalized spacial score (nSPS) is 17.4. The molecule has 0 aliphatic carbocycles. The lowest BCUT2D eigenvalue weighted by Gasteiger charge is -2.22. The van der Waals surface area contributed by atoms with Crippen LogP contribution in [-0.2, 0) is 0 Å². The van der Waals surface area contributed by atoms with Crippen LogP contribution in [-0.4, -0.2) is 17.6 Å². The molecule has 0 unspecified atom stereocenters. The Hall–Kier alpha value is -2.23. The number of fused-ring (bicyclic) bond motifs is 1. The van der Waals surface area contributed by atoms with Gasteiger partial charge in [0.05, 0.1) is 5.70 Å². The highest BCUT2D eigenvalue weighted by Gasteiger charge is 2.21. The van der Waals surface area contributed by atoms with Crippen molar-refractivity contribution in [3.05, 3.63) is 54.4 Å². The van der Waals surface area contributed by atoms with Crippen molar-refractivity contribution in [3.63, 3.8) is 0 Å². The second-order valence-corrected chi connectivity index (χ2v) is 3.47. The second-order valence-electron chi connectivity index (χ2n) is 3.47. The Morgan fingerprint density at radius 1 is 1.25 bits per heavy atom. The minimum atomic E-state index is 0.609. The number of amidine groups is 1. The van der Waals surface area contributed by atoms with Gasteiger partial charge in [0.15, 0.2) is 11.6 Å². The Kier molecular flexibility index (Phi) is 2.11. The summed E-state index contributed by atoms with van der Waals surface area (Å²) in [6.07, 6.45) is 5.76. The lowest BCUT2D eigenvalue weighted by Crippen LogP contribution is -2.32. The zero-order chi connectivity index (χ0) is 10.8. The molecule has 80 valence electrons. The van der Waals surface area contributed by atoms with Crippen LogP contribution in [0.3, 0.4) is 0 Å². The van der Waals surface area contributed by atoms with Gasteiger partial charge < -0.3 is 10.2 Å². The molecular formula is C12H11N3O. The molecular weight excluding hydrogens is 202 g/mol. The van der Waals surface area contributed by atoms with Gasteiger partial charge in [-0.2, -0.15) is 5.06 Å². The molecule has 16 heavy (non-hydrogen) atoms. The van der Waals surface area contributed by atoms with E-state index in [0.29, 0.717) is 6.67 Å². The fraction of sp³-hybridized carbons (Fsp3) is 0.0833. The first kappa shape index (κ1) is 9.03. The molecule has 3 rings (SSSR count). The van der Waals surface area contributed by atoms with E-state index in [-0.39, 0.29) is 0 Å². The molecule has 2 heterocycles. The lowest BCUT2D eigenvalue weighted by atomic mass is 10.3.